The molecule has 268 valence electrons. The van der Waals surface area contributed by atoms with Crippen LogP contribution in [0.3, 0.4) is 0 Å². The van der Waals surface area contributed by atoms with E-state index < -0.39 is 32.5 Å². The first-order chi connectivity index (χ1) is 22.3. The van der Waals surface area contributed by atoms with E-state index in [0.717, 1.165) is 44.9 Å². The van der Waals surface area contributed by atoms with E-state index in [-0.39, 0.29) is 13.0 Å². The van der Waals surface area contributed by atoms with Crippen LogP contribution in [0.4, 0.5) is 0 Å². The van der Waals surface area contributed by atoms with Gasteiger partial charge in [-0.15, -0.1) is 0 Å². The highest BCUT2D eigenvalue weighted by atomic mass is 31.2. The zero-order chi connectivity index (χ0) is 34.0. The number of hydrogen-bond acceptors (Lipinski definition) is 6. The number of hydrogen-bond donors (Lipinski definition) is 2. The van der Waals surface area contributed by atoms with E-state index in [1.165, 1.54) is 102 Å². The minimum Gasteiger partial charge on any atom is -0.462 e. The van der Waals surface area contributed by atoms with Gasteiger partial charge >= 0.3 is 19.8 Å². The molecule has 0 heterocycles. The van der Waals surface area contributed by atoms with Crippen LogP contribution in [0.2, 0.25) is 0 Å². The molecule has 0 aromatic carbocycles. The number of phosphoric ester groups is 1. The summed E-state index contributed by atoms with van der Waals surface area (Å²) in [6, 6.07) is 0. The number of carbonyl (C=O) groups excluding carboxylic acids is 2. The molecule has 1 atom stereocenters. The van der Waals surface area contributed by atoms with Crippen LogP contribution in [0, 0.1) is 0 Å². The normalized spacial score (nSPS) is 12.9. The lowest BCUT2D eigenvalue weighted by Crippen LogP contribution is -2.29. The van der Waals surface area contributed by atoms with E-state index >= 15 is 0 Å². The third-order valence-electron chi connectivity index (χ3n) is 7.74. The fourth-order valence-electron chi connectivity index (χ4n) is 4.98. The predicted molar refractivity (Wildman–Crippen MR) is 188 cm³/mol. The first-order valence-corrected chi connectivity index (χ1v) is 19.9. The maximum Gasteiger partial charge on any atom is 0.469 e. The van der Waals surface area contributed by atoms with Gasteiger partial charge in [0.1, 0.15) is 6.61 Å². The molecular weight excluding hydrogens is 603 g/mol. The summed E-state index contributed by atoms with van der Waals surface area (Å²) in [6.07, 6.45) is 37.8. The Bertz CT molecular complexity index is 848. The molecule has 9 heteroatoms. The van der Waals surface area contributed by atoms with Gasteiger partial charge in [-0.1, -0.05) is 147 Å². The van der Waals surface area contributed by atoms with Gasteiger partial charge in [0.15, 0.2) is 6.10 Å². The monoisotopic (exact) mass is 670 g/mol. The standard InChI is InChI=1S/C37H67O8P/c1-3-5-7-9-11-13-15-17-18-20-22-24-26-28-30-32-37(39)45-35(34-44-46(40,41)42)33-43-36(38)31-29-27-25-23-21-19-16-14-12-10-8-6-4-2/h14,16,26,28,30,32,35H,3-13,15,17-25,27,29,31,33-34H2,1-2H3,(H2,40,41,42)/b16-14+,28-26+,32-30+/t35-/m1/s1. The quantitative estimate of drug-likeness (QED) is 0.0177. The Morgan fingerprint density at radius 1 is 0.609 bits per heavy atom. The minimum absolute atomic E-state index is 0.238. The number of allylic oxidation sites excluding steroid dienone is 5. The van der Waals surface area contributed by atoms with Gasteiger partial charge in [-0.2, -0.15) is 0 Å². The van der Waals surface area contributed by atoms with Crippen molar-refractivity contribution in [2.75, 3.05) is 13.2 Å². The van der Waals surface area contributed by atoms with Gasteiger partial charge in [-0.25, -0.2) is 9.36 Å². The van der Waals surface area contributed by atoms with Crippen molar-refractivity contribution in [3.05, 3.63) is 36.5 Å². The molecule has 0 aromatic rings. The zero-order valence-corrected chi connectivity index (χ0v) is 30.1. The summed E-state index contributed by atoms with van der Waals surface area (Å²) in [5.74, 6) is -1.15. The highest BCUT2D eigenvalue weighted by Crippen LogP contribution is 2.35. The molecule has 0 aliphatic heterocycles. The predicted octanol–water partition coefficient (Wildman–Crippen LogP) is 10.6. The number of unbranched alkanes of at least 4 members (excludes halogenated alkanes) is 20. The van der Waals surface area contributed by atoms with Gasteiger partial charge in [0, 0.05) is 12.5 Å². The summed E-state index contributed by atoms with van der Waals surface area (Å²) in [6.45, 7) is 3.55. The molecule has 8 nitrogen and oxygen atoms in total. The van der Waals surface area contributed by atoms with Crippen LogP contribution >= 0.6 is 7.82 Å². The van der Waals surface area contributed by atoms with Crippen LogP contribution in [-0.4, -0.2) is 41.0 Å². The first kappa shape index (κ1) is 44.3. The van der Waals surface area contributed by atoms with Crippen molar-refractivity contribution in [3.8, 4) is 0 Å². The van der Waals surface area contributed by atoms with Crippen LogP contribution in [0.15, 0.2) is 36.5 Å². The summed E-state index contributed by atoms with van der Waals surface area (Å²) in [7, 11) is -4.77. The molecule has 0 aliphatic carbocycles. The van der Waals surface area contributed by atoms with Gasteiger partial charge in [0.25, 0.3) is 0 Å². The Kier molecular flexibility index (Phi) is 31.9. The largest absolute Gasteiger partial charge is 0.469 e. The molecule has 46 heavy (non-hydrogen) atoms. The Hall–Kier alpha value is -1.73. The third-order valence-corrected chi connectivity index (χ3v) is 8.22. The summed E-state index contributed by atoms with van der Waals surface area (Å²) in [4.78, 5) is 42.5. The molecule has 0 rings (SSSR count). The highest BCUT2D eigenvalue weighted by molar-refractivity contribution is 7.46. The van der Waals surface area contributed by atoms with E-state index in [2.05, 4.69) is 30.5 Å². The van der Waals surface area contributed by atoms with Crippen molar-refractivity contribution < 1.29 is 37.9 Å². The topological polar surface area (TPSA) is 119 Å². The molecule has 0 aliphatic rings. The molecule has 0 amide bonds. The zero-order valence-electron chi connectivity index (χ0n) is 29.2. The molecule has 0 saturated heterocycles. The van der Waals surface area contributed by atoms with Gasteiger partial charge in [-0.3, -0.25) is 9.32 Å². The lowest BCUT2D eigenvalue weighted by atomic mass is 10.1. The van der Waals surface area contributed by atoms with Gasteiger partial charge in [0.05, 0.1) is 6.61 Å². The van der Waals surface area contributed by atoms with Crippen LogP contribution in [0.5, 0.6) is 0 Å². The second-order valence-electron chi connectivity index (χ2n) is 12.3. The lowest BCUT2D eigenvalue weighted by molar-refractivity contribution is -0.157. The number of esters is 2. The fraction of sp³-hybridized carbons (Fsp3) is 0.784. The molecule has 2 N–H and O–H groups in total. The maximum absolute atomic E-state index is 12.2. The minimum atomic E-state index is -4.77. The fourth-order valence-corrected chi connectivity index (χ4v) is 5.34. The average Bonchev–Trinajstić information content (AvgIpc) is 3.02. The van der Waals surface area contributed by atoms with E-state index in [9.17, 15) is 14.2 Å². The summed E-state index contributed by atoms with van der Waals surface area (Å²) < 4.78 is 26.1. The van der Waals surface area contributed by atoms with Gasteiger partial charge in [0.2, 0.25) is 0 Å². The Balaban J connectivity index is 4.10. The second kappa shape index (κ2) is 33.2. The summed E-state index contributed by atoms with van der Waals surface area (Å²) in [5.41, 5.74) is 0. The number of phosphoric acid groups is 1. The molecule has 0 saturated carbocycles. The maximum atomic E-state index is 12.2. The summed E-state index contributed by atoms with van der Waals surface area (Å²) >= 11 is 0. The molecule has 0 fully saturated rings. The van der Waals surface area contributed by atoms with E-state index in [1.54, 1.807) is 12.2 Å². The molecule has 0 spiro atoms. The van der Waals surface area contributed by atoms with E-state index in [4.69, 9.17) is 19.3 Å². The second-order valence-corrected chi connectivity index (χ2v) is 13.5. The molecule has 0 radical (unpaired) electrons. The van der Waals surface area contributed by atoms with E-state index in [0.29, 0.717) is 6.42 Å². The van der Waals surface area contributed by atoms with E-state index in [1.807, 2.05) is 6.08 Å². The van der Waals surface area contributed by atoms with Crippen LogP contribution in [-0.2, 0) is 28.2 Å². The van der Waals surface area contributed by atoms with Crippen molar-refractivity contribution in [2.45, 2.75) is 174 Å². The van der Waals surface area contributed by atoms with Crippen molar-refractivity contribution in [2.24, 2.45) is 0 Å². The SMILES string of the molecule is CCCCCC/C=C/CCCCCCCC(=O)OC[C@H](COP(=O)(O)O)OC(=O)/C=C/C=C/CCCCCCCCCCCCC. The molecule has 0 unspecified atom stereocenters. The highest BCUT2D eigenvalue weighted by Gasteiger charge is 2.22. The number of carbonyl (C=O) groups is 2. The molecule has 0 bridgehead atoms. The number of ether oxygens (including phenoxy) is 2. The average molecular weight is 671 g/mol. The third kappa shape index (κ3) is 35.1. The van der Waals surface area contributed by atoms with Crippen LogP contribution in [0.25, 0.3) is 0 Å². The van der Waals surface area contributed by atoms with Crippen molar-refractivity contribution in [1.29, 1.82) is 0 Å². The van der Waals surface area contributed by atoms with Crippen molar-refractivity contribution in [3.63, 3.8) is 0 Å². The van der Waals surface area contributed by atoms with Gasteiger partial charge in [-0.05, 0) is 44.9 Å². The van der Waals surface area contributed by atoms with Crippen LogP contribution < -0.4 is 0 Å². The van der Waals surface area contributed by atoms with Crippen molar-refractivity contribution in [1.82, 2.24) is 0 Å². The Morgan fingerprint density at radius 3 is 1.59 bits per heavy atom. The Morgan fingerprint density at radius 2 is 1.07 bits per heavy atom. The number of rotatable bonds is 33. The van der Waals surface area contributed by atoms with Crippen LogP contribution in [0.1, 0.15) is 168 Å². The lowest BCUT2D eigenvalue weighted by Gasteiger charge is -2.17. The molecular formula is C37H67O8P. The Labute approximate surface area is 281 Å². The smallest absolute Gasteiger partial charge is 0.462 e. The summed E-state index contributed by atoms with van der Waals surface area (Å²) in [5, 5.41) is 0. The van der Waals surface area contributed by atoms with Gasteiger partial charge < -0.3 is 19.3 Å². The van der Waals surface area contributed by atoms with Crippen molar-refractivity contribution >= 4 is 19.8 Å². The molecule has 0 aromatic heterocycles. The first-order valence-electron chi connectivity index (χ1n) is 18.3.